The van der Waals surface area contributed by atoms with Gasteiger partial charge in [0.1, 0.15) is 10.3 Å². The minimum Gasteiger partial charge on any atom is -0.215 e. The van der Waals surface area contributed by atoms with Crippen LogP contribution < -0.4 is 0 Å². The van der Waals surface area contributed by atoms with E-state index in [1.54, 1.807) is 6.92 Å². The fraction of sp³-hybridized carbons (Fsp3) is 0.429. The highest BCUT2D eigenvalue weighted by Gasteiger charge is 2.29. The highest BCUT2D eigenvalue weighted by Crippen LogP contribution is 2.28. The molecule has 0 fully saturated rings. The van der Waals surface area contributed by atoms with E-state index in [9.17, 15) is 8.78 Å². The first kappa shape index (κ1) is 10.6. The Morgan fingerprint density at radius 3 is 1.85 bits per heavy atom. The van der Waals surface area contributed by atoms with Crippen molar-refractivity contribution in [3.63, 3.8) is 0 Å². The van der Waals surface area contributed by atoms with Crippen LogP contribution in [0.4, 0.5) is 8.78 Å². The zero-order chi connectivity index (χ0) is 10.2. The second-order valence-corrected chi connectivity index (χ2v) is 3.36. The molecule has 2 nitrogen and oxygen atoms in total. The predicted octanol–water partition coefficient (Wildman–Crippen LogP) is 3.20. The van der Waals surface area contributed by atoms with Gasteiger partial charge in [-0.3, -0.25) is 0 Å². The van der Waals surface area contributed by atoms with Crippen molar-refractivity contribution >= 4 is 23.2 Å². The fourth-order valence-corrected chi connectivity index (χ4v) is 1.05. The molecule has 1 aromatic rings. The third-order valence-corrected chi connectivity index (χ3v) is 2.16. The maximum atomic E-state index is 12.7. The van der Waals surface area contributed by atoms with Crippen molar-refractivity contribution in [2.45, 2.75) is 19.8 Å². The molecule has 0 unspecified atom stereocenters. The van der Waals surface area contributed by atoms with Crippen molar-refractivity contribution < 1.29 is 8.78 Å². The molecule has 0 atom stereocenters. The Balaban J connectivity index is 3.29. The lowest BCUT2D eigenvalue weighted by Gasteiger charge is -2.09. The molecule has 1 heterocycles. The molecule has 0 aliphatic rings. The Hall–Kier alpha value is -0.480. The van der Waals surface area contributed by atoms with Crippen LogP contribution in [0.15, 0.2) is 0 Å². The summed E-state index contributed by atoms with van der Waals surface area (Å²) in [6, 6.07) is 0. The van der Waals surface area contributed by atoms with Gasteiger partial charge in [0, 0.05) is 12.5 Å². The van der Waals surface area contributed by atoms with Gasteiger partial charge in [-0.1, -0.05) is 23.2 Å². The van der Waals surface area contributed by atoms with E-state index in [0.29, 0.717) is 12.5 Å². The maximum Gasteiger partial charge on any atom is 0.303 e. The molecule has 0 aliphatic carbocycles. The summed E-state index contributed by atoms with van der Waals surface area (Å²) in [6.07, 6.45) is 0. The lowest BCUT2D eigenvalue weighted by Crippen LogP contribution is -2.13. The molecule has 0 saturated heterocycles. The van der Waals surface area contributed by atoms with Crippen LogP contribution in [0.2, 0.25) is 10.3 Å². The minimum absolute atomic E-state index is 0.0449. The zero-order valence-electron chi connectivity index (χ0n) is 6.91. The Bertz CT molecular complexity index is 313. The molecule has 0 amide bonds. The molecule has 72 valence electrons. The molecule has 0 radical (unpaired) electrons. The van der Waals surface area contributed by atoms with E-state index in [1.807, 2.05) is 0 Å². The van der Waals surface area contributed by atoms with Crippen molar-refractivity contribution in [1.82, 2.24) is 9.97 Å². The van der Waals surface area contributed by atoms with Crippen LogP contribution in [0.1, 0.15) is 18.3 Å². The molecule has 0 bridgehead atoms. The van der Waals surface area contributed by atoms with E-state index in [0.717, 1.165) is 0 Å². The number of nitrogens with zero attached hydrogens (tertiary/aromatic N) is 2. The van der Waals surface area contributed by atoms with E-state index in [4.69, 9.17) is 23.2 Å². The number of hydrogen-bond donors (Lipinski definition) is 0. The molecule has 0 N–H and O–H groups in total. The first-order chi connectivity index (χ1) is 5.82. The van der Waals surface area contributed by atoms with E-state index >= 15 is 0 Å². The minimum atomic E-state index is -3.12. The Kier molecular flexibility index (Phi) is 2.73. The average Bonchev–Trinajstić information content (AvgIpc) is 1.97. The van der Waals surface area contributed by atoms with Gasteiger partial charge in [0.25, 0.3) is 0 Å². The van der Waals surface area contributed by atoms with Crippen molar-refractivity contribution in [2.75, 3.05) is 0 Å². The zero-order valence-corrected chi connectivity index (χ0v) is 8.42. The molecule has 0 spiro atoms. The molecule has 0 saturated carbocycles. The maximum absolute atomic E-state index is 12.7. The highest BCUT2D eigenvalue weighted by molar-refractivity contribution is 6.34. The standard InChI is InChI=1S/C7H6Cl2F2N2/c1-3-4(8)12-6(7(2,10)11)13-5(3)9/h1-2H3. The van der Waals surface area contributed by atoms with Gasteiger partial charge in [0.2, 0.25) is 5.82 Å². The van der Waals surface area contributed by atoms with Gasteiger partial charge in [0.15, 0.2) is 0 Å². The van der Waals surface area contributed by atoms with Gasteiger partial charge in [0.05, 0.1) is 0 Å². The summed E-state index contributed by atoms with van der Waals surface area (Å²) in [6.45, 7) is 2.24. The van der Waals surface area contributed by atoms with Gasteiger partial charge in [-0.2, -0.15) is 8.78 Å². The lowest BCUT2D eigenvalue weighted by atomic mass is 10.3. The van der Waals surface area contributed by atoms with Crippen LogP contribution in [0.25, 0.3) is 0 Å². The van der Waals surface area contributed by atoms with Gasteiger partial charge in [-0.15, -0.1) is 0 Å². The molecule has 0 aromatic carbocycles. The summed E-state index contributed by atoms with van der Waals surface area (Å²) >= 11 is 11.1. The van der Waals surface area contributed by atoms with Gasteiger partial charge in [-0.05, 0) is 6.92 Å². The summed E-state index contributed by atoms with van der Waals surface area (Å²) < 4.78 is 25.4. The third kappa shape index (κ3) is 2.25. The normalized spacial score (nSPS) is 11.8. The van der Waals surface area contributed by atoms with Crippen molar-refractivity contribution in [3.8, 4) is 0 Å². The molecule has 6 heteroatoms. The lowest BCUT2D eigenvalue weighted by molar-refractivity contribution is 0.00767. The van der Waals surface area contributed by atoms with Crippen LogP contribution in [0.3, 0.4) is 0 Å². The number of alkyl halides is 2. The van der Waals surface area contributed by atoms with Crippen LogP contribution in [-0.4, -0.2) is 9.97 Å². The first-order valence-corrected chi connectivity index (χ1v) is 4.16. The van der Waals surface area contributed by atoms with Crippen molar-refractivity contribution in [3.05, 3.63) is 21.7 Å². The average molecular weight is 227 g/mol. The van der Waals surface area contributed by atoms with Crippen LogP contribution in [-0.2, 0) is 5.92 Å². The van der Waals surface area contributed by atoms with Crippen molar-refractivity contribution in [1.29, 1.82) is 0 Å². The van der Waals surface area contributed by atoms with E-state index in [2.05, 4.69) is 9.97 Å². The second kappa shape index (κ2) is 3.35. The number of aromatic nitrogens is 2. The smallest absolute Gasteiger partial charge is 0.215 e. The molecule has 0 aliphatic heterocycles. The largest absolute Gasteiger partial charge is 0.303 e. The molecule has 13 heavy (non-hydrogen) atoms. The van der Waals surface area contributed by atoms with Gasteiger partial charge >= 0.3 is 5.92 Å². The molecular weight excluding hydrogens is 221 g/mol. The second-order valence-electron chi connectivity index (χ2n) is 2.64. The number of rotatable bonds is 1. The van der Waals surface area contributed by atoms with E-state index in [1.165, 1.54) is 0 Å². The van der Waals surface area contributed by atoms with Crippen LogP contribution >= 0.6 is 23.2 Å². The summed E-state index contributed by atoms with van der Waals surface area (Å²) in [5.74, 6) is -3.78. The van der Waals surface area contributed by atoms with E-state index in [-0.39, 0.29) is 10.3 Å². The number of hydrogen-bond acceptors (Lipinski definition) is 2. The monoisotopic (exact) mass is 226 g/mol. The fourth-order valence-electron chi connectivity index (χ4n) is 0.660. The highest BCUT2D eigenvalue weighted by atomic mass is 35.5. The Labute approximate surface area is 83.9 Å². The topological polar surface area (TPSA) is 25.8 Å². The number of halogens is 4. The van der Waals surface area contributed by atoms with Crippen LogP contribution in [0.5, 0.6) is 0 Å². The third-order valence-electron chi connectivity index (χ3n) is 1.42. The SMILES string of the molecule is Cc1c(Cl)nc(C(C)(F)F)nc1Cl. The Morgan fingerprint density at radius 2 is 1.54 bits per heavy atom. The summed E-state index contributed by atoms with van der Waals surface area (Å²) in [4.78, 5) is 6.85. The summed E-state index contributed by atoms with van der Waals surface area (Å²) in [5.41, 5.74) is 0.399. The van der Waals surface area contributed by atoms with Crippen molar-refractivity contribution in [2.24, 2.45) is 0 Å². The summed E-state index contributed by atoms with van der Waals surface area (Å²) in [5, 5.41) is -0.0898. The molecular formula is C7H6Cl2F2N2. The predicted molar refractivity (Wildman–Crippen MR) is 46.4 cm³/mol. The molecule has 1 aromatic heterocycles. The van der Waals surface area contributed by atoms with Crippen LogP contribution in [0, 0.1) is 6.92 Å². The van der Waals surface area contributed by atoms with E-state index < -0.39 is 11.7 Å². The van der Waals surface area contributed by atoms with Gasteiger partial charge < -0.3 is 0 Å². The molecule has 1 rings (SSSR count). The Morgan fingerprint density at radius 1 is 1.15 bits per heavy atom. The van der Waals surface area contributed by atoms with Gasteiger partial charge in [-0.25, -0.2) is 9.97 Å². The summed E-state index contributed by atoms with van der Waals surface area (Å²) in [7, 11) is 0. The first-order valence-electron chi connectivity index (χ1n) is 3.40. The quantitative estimate of drug-likeness (QED) is 0.688.